The average Bonchev–Trinajstić information content (AvgIpc) is 2.46. The Morgan fingerprint density at radius 3 is 2.00 bits per heavy atom. The van der Waals surface area contributed by atoms with E-state index in [0.29, 0.717) is 0 Å². The molecule has 22 heavy (non-hydrogen) atoms. The maximum Gasteiger partial charge on any atom is 0.337 e. The zero-order chi connectivity index (χ0) is 16.5. The van der Waals surface area contributed by atoms with Crippen LogP contribution >= 0.6 is 0 Å². The Bertz CT molecular complexity index is 850. The third-order valence-corrected chi connectivity index (χ3v) is 4.89. The first-order valence-electron chi connectivity index (χ1n) is 6.16. The number of carbonyl (C=O) groups is 2. The van der Waals surface area contributed by atoms with Crippen molar-refractivity contribution in [2.24, 2.45) is 0 Å². The van der Waals surface area contributed by atoms with Crippen LogP contribution in [0.15, 0.2) is 52.3 Å². The van der Waals surface area contributed by atoms with Gasteiger partial charge >= 0.3 is 11.9 Å². The van der Waals surface area contributed by atoms with Crippen LogP contribution in [0.5, 0.6) is 0 Å². The number of carboxylic acids is 2. The summed E-state index contributed by atoms with van der Waals surface area (Å²) in [7, 11) is -4.13. The first kappa shape index (κ1) is 15.7. The van der Waals surface area contributed by atoms with Gasteiger partial charge in [0.05, 0.1) is 20.9 Å². The van der Waals surface area contributed by atoms with E-state index < -0.39 is 32.2 Å². The fourth-order valence-electron chi connectivity index (χ4n) is 1.90. The summed E-state index contributed by atoms with van der Waals surface area (Å²) in [6, 6.07) is 8.75. The molecule has 0 saturated carbocycles. The Hall–Kier alpha value is -2.67. The van der Waals surface area contributed by atoms with Crippen LogP contribution in [0.1, 0.15) is 26.3 Å². The zero-order valence-corrected chi connectivity index (χ0v) is 12.3. The number of rotatable bonds is 4. The van der Waals surface area contributed by atoms with Crippen molar-refractivity contribution in [3.05, 3.63) is 59.2 Å². The molecule has 0 atom stereocenters. The Labute approximate surface area is 126 Å². The van der Waals surface area contributed by atoms with Gasteiger partial charge < -0.3 is 10.2 Å². The monoisotopic (exact) mass is 320 g/mol. The molecule has 0 fully saturated rings. The predicted molar refractivity (Wildman–Crippen MR) is 77.0 cm³/mol. The molecule has 114 valence electrons. The van der Waals surface area contributed by atoms with Gasteiger partial charge in [0.25, 0.3) is 0 Å². The minimum absolute atomic E-state index is 0.0943. The number of aromatic carboxylic acids is 2. The Morgan fingerprint density at radius 2 is 1.50 bits per heavy atom. The van der Waals surface area contributed by atoms with Crippen LogP contribution in [0.2, 0.25) is 0 Å². The molecule has 0 bridgehead atoms. The van der Waals surface area contributed by atoms with Crippen LogP contribution in [-0.2, 0) is 9.84 Å². The third kappa shape index (κ3) is 2.84. The van der Waals surface area contributed by atoms with Crippen LogP contribution in [0.25, 0.3) is 0 Å². The lowest BCUT2D eigenvalue weighted by molar-refractivity contribution is 0.0678. The van der Waals surface area contributed by atoms with Crippen molar-refractivity contribution >= 4 is 21.8 Å². The first-order valence-corrected chi connectivity index (χ1v) is 7.64. The fourth-order valence-corrected chi connectivity index (χ4v) is 3.37. The van der Waals surface area contributed by atoms with Crippen molar-refractivity contribution in [3.63, 3.8) is 0 Å². The second kappa shape index (κ2) is 5.61. The smallest absolute Gasteiger partial charge is 0.337 e. The lowest BCUT2D eigenvalue weighted by Crippen LogP contribution is -2.11. The van der Waals surface area contributed by atoms with Gasteiger partial charge in [-0.1, -0.05) is 17.7 Å². The lowest BCUT2D eigenvalue weighted by Gasteiger charge is -2.09. The van der Waals surface area contributed by atoms with E-state index in [1.54, 1.807) is 19.1 Å². The van der Waals surface area contributed by atoms with Crippen molar-refractivity contribution in [2.75, 3.05) is 0 Å². The number of benzene rings is 2. The highest BCUT2D eigenvalue weighted by molar-refractivity contribution is 7.91. The van der Waals surface area contributed by atoms with Gasteiger partial charge in [-0.3, -0.25) is 0 Å². The van der Waals surface area contributed by atoms with Crippen molar-refractivity contribution in [1.82, 2.24) is 0 Å². The van der Waals surface area contributed by atoms with Gasteiger partial charge in [-0.05, 0) is 37.3 Å². The highest BCUT2D eigenvalue weighted by atomic mass is 32.2. The first-order chi connectivity index (χ1) is 10.2. The van der Waals surface area contributed by atoms with Crippen molar-refractivity contribution in [2.45, 2.75) is 16.7 Å². The molecule has 0 unspecified atom stereocenters. The topological polar surface area (TPSA) is 109 Å². The van der Waals surface area contributed by atoms with Gasteiger partial charge in [-0.2, -0.15) is 0 Å². The van der Waals surface area contributed by atoms with Crippen molar-refractivity contribution in [1.29, 1.82) is 0 Å². The lowest BCUT2D eigenvalue weighted by atomic mass is 10.1. The Kier molecular flexibility index (Phi) is 4.01. The van der Waals surface area contributed by atoms with E-state index in [9.17, 15) is 18.0 Å². The van der Waals surface area contributed by atoms with Crippen molar-refractivity contribution in [3.8, 4) is 0 Å². The predicted octanol–water partition coefficient (Wildman–Crippen LogP) is 2.22. The van der Waals surface area contributed by atoms with Gasteiger partial charge in [-0.15, -0.1) is 0 Å². The van der Waals surface area contributed by atoms with E-state index in [0.717, 1.165) is 23.8 Å². The summed E-state index contributed by atoms with van der Waals surface area (Å²) in [5.74, 6) is -2.78. The third-order valence-electron chi connectivity index (χ3n) is 3.08. The summed E-state index contributed by atoms with van der Waals surface area (Å²) in [6.07, 6.45) is 0. The number of hydrogen-bond acceptors (Lipinski definition) is 4. The van der Waals surface area contributed by atoms with Crippen LogP contribution in [0, 0.1) is 6.92 Å². The number of sulfone groups is 1. The average molecular weight is 320 g/mol. The second-order valence-corrected chi connectivity index (χ2v) is 6.56. The molecule has 0 saturated heterocycles. The van der Waals surface area contributed by atoms with Gasteiger partial charge in [0.2, 0.25) is 9.84 Å². The zero-order valence-electron chi connectivity index (χ0n) is 11.5. The largest absolute Gasteiger partial charge is 0.478 e. The van der Waals surface area contributed by atoms with Gasteiger partial charge in [-0.25, -0.2) is 18.0 Å². The molecule has 0 aliphatic carbocycles. The molecular weight excluding hydrogens is 308 g/mol. The standard InChI is InChI=1S/C15H12O6S/c1-9-2-5-11(6-3-9)22(20,21)13-8-10(14(16)17)4-7-12(13)15(18)19/h2-8H,1H3,(H,16,17)(H,18,19). The Morgan fingerprint density at radius 1 is 0.909 bits per heavy atom. The molecule has 2 aromatic carbocycles. The van der Waals surface area contributed by atoms with E-state index in [1.807, 2.05) is 0 Å². The maximum absolute atomic E-state index is 12.6. The van der Waals surface area contributed by atoms with Gasteiger partial charge in [0, 0.05) is 0 Å². The number of hydrogen-bond donors (Lipinski definition) is 2. The van der Waals surface area contributed by atoms with Crippen LogP contribution < -0.4 is 0 Å². The fraction of sp³-hybridized carbons (Fsp3) is 0.0667. The van der Waals surface area contributed by atoms with Crippen LogP contribution in [-0.4, -0.2) is 30.6 Å². The van der Waals surface area contributed by atoms with E-state index >= 15 is 0 Å². The molecule has 0 aromatic heterocycles. The molecule has 0 amide bonds. The maximum atomic E-state index is 12.6. The summed E-state index contributed by atoms with van der Waals surface area (Å²) < 4.78 is 25.2. The molecule has 6 nitrogen and oxygen atoms in total. The van der Waals surface area contributed by atoms with Crippen LogP contribution in [0.4, 0.5) is 0 Å². The highest BCUT2D eigenvalue weighted by Crippen LogP contribution is 2.26. The summed E-state index contributed by atoms with van der Waals surface area (Å²) in [5.41, 5.74) is 0.0814. The summed E-state index contributed by atoms with van der Waals surface area (Å²) >= 11 is 0. The van der Waals surface area contributed by atoms with Gasteiger partial charge in [0.15, 0.2) is 0 Å². The van der Waals surface area contributed by atoms with Crippen LogP contribution in [0.3, 0.4) is 0 Å². The number of carboxylic acid groups (broad SMARTS) is 2. The highest BCUT2D eigenvalue weighted by Gasteiger charge is 2.25. The Balaban J connectivity index is 2.72. The summed E-state index contributed by atoms with van der Waals surface area (Å²) in [5, 5.41) is 18.1. The van der Waals surface area contributed by atoms with E-state index in [-0.39, 0.29) is 10.5 Å². The molecule has 0 radical (unpaired) electrons. The molecule has 0 heterocycles. The number of aryl methyl sites for hydroxylation is 1. The minimum Gasteiger partial charge on any atom is -0.478 e. The summed E-state index contributed by atoms with van der Waals surface area (Å²) in [4.78, 5) is 21.6. The van der Waals surface area contributed by atoms with Gasteiger partial charge in [0.1, 0.15) is 0 Å². The minimum atomic E-state index is -4.13. The summed E-state index contributed by atoms with van der Waals surface area (Å²) in [6.45, 7) is 1.78. The van der Waals surface area contributed by atoms with E-state index in [2.05, 4.69) is 0 Å². The second-order valence-electron chi connectivity index (χ2n) is 4.64. The van der Waals surface area contributed by atoms with E-state index in [4.69, 9.17) is 10.2 Å². The van der Waals surface area contributed by atoms with E-state index in [1.165, 1.54) is 12.1 Å². The molecule has 2 aromatic rings. The SMILES string of the molecule is Cc1ccc(S(=O)(=O)c2cc(C(=O)O)ccc2C(=O)O)cc1. The molecule has 7 heteroatoms. The normalized spacial score (nSPS) is 11.1. The van der Waals surface area contributed by atoms with Crippen molar-refractivity contribution < 1.29 is 28.2 Å². The molecule has 2 N–H and O–H groups in total. The molecular formula is C15H12O6S. The molecule has 0 aliphatic heterocycles. The molecule has 2 rings (SSSR count). The molecule has 0 aliphatic rings. The quantitative estimate of drug-likeness (QED) is 0.894. The molecule has 0 spiro atoms.